The first-order chi connectivity index (χ1) is 16.4. The van der Waals surface area contributed by atoms with Gasteiger partial charge >= 0.3 is 0 Å². The van der Waals surface area contributed by atoms with E-state index in [0.717, 1.165) is 16.7 Å². The zero-order valence-corrected chi connectivity index (χ0v) is 20.8. The number of aryl methyl sites for hydroxylation is 2. The number of amides is 1. The molecule has 1 fully saturated rings. The van der Waals surface area contributed by atoms with E-state index in [1.54, 1.807) is 17.0 Å². The number of terminal acetylenes is 1. The van der Waals surface area contributed by atoms with E-state index in [-0.39, 0.29) is 12.5 Å². The Morgan fingerprint density at radius 3 is 2.50 bits per heavy atom. The molecule has 0 unspecified atom stereocenters. The van der Waals surface area contributed by atoms with Crippen LogP contribution in [0.3, 0.4) is 0 Å². The Hall–Kier alpha value is -3.17. The van der Waals surface area contributed by atoms with E-state index in [0.29, 0.717) is 37.2 Å². The molecule has 4 rings (SSSR count). The summed E-state index contributed by atoms with van der Waals surface area (Å²) >= 11 is 13.9. The van der Waals surface area contributed by atoms with E-state index in [2.05, 4.69) is 5.92 Å². The number of carbonyl (C=O) groups is 1. The summed E-state index contributed by atoms with van der Waals surface area (Å²) in [5.74, 6) is 2.88. The third kappa shape index (κ3) is 5.31. The quantitative estimate of drug-likeness (QED) is 0.266. The molecule has 3 aromatic carbocycles. The van der Waals surface area contributed by atoms with Gasteiger partial charge in [0.05, 0.1) is 16.3 Å². The van der Waals surface area contributed by atoms with Crippen LogP contribution in [-0.4, -0.2) is 17.7 Å². The van der Waals surface area contributed by atoms with Crippen molar-refractivity contribution in [2.24, 2.45) is 4.99 Å². The topological polar surface area (TPSA) is 41.9 Å². The lowest BCUT2D eigenvalue weighted by Gasteiger charge is -2.16. The number of anilines is 1. The summed E-state index contributed by atoms with van der Waals surface area (Å²) in [7, 11) is 0. The molecule has 0 aliphatic carbocycles. The third-order valence-corrected chi connectivity index (χ3v) is 6.86. The maximum Gasteiger partial charge on any atom is 0.271 e. The van der Waals surface area contributed by atoms with Crippen LogP contribution in [0.1, 0.15) is 16.7 Å². The molecular formula is C27H20Cl2N2O2S. The molecule has 170 valence electrons. The number of ether oxygens (including phenoxy) is 1. The minimum Gasteiger partial charge on any atom is -0.481 e. The van der Waals surface area contributed by atoms with Crippen molar-refractivity contribution in [3.8, 4) is 18.1 Å². The van der Waals surface area contributed by atoms with Gasteiger partial charge in [0, 0.05) is 10.0 Å². The van der Waals surface area contributed by atoms with Crippen LogP contribution in [0, 0.1) is 26.2 Å². The summed E-state index contributed by atoms with van der Waals surface area (Å²) in [6.07, 6.45) is 7.09. The Bertz CT molecular complexity index is 1380. The summed E-state index contributed by atoms with van der Waals surface area (Å²) in [4.78, 5) is 20.3. The van der Waals surface area contributed by atoms with Gasteiger partial charge in [0.1, 0.15) is 12.4 Å². The van der Waals surface area contributed by atoms with E-state index in [1.807, 2.05) is 68.5 Å². The largest absolute Gasteiger partial charge is 0.481 e. The average molecular weight is 507 g/mol. The van der Waals surface area contributed by atoms with Gasteiger partial charge in [0.25, 0.3) is 5.91 Å². The minimum atomic E-state index is -0.197. The minimum absolute atomic E-state index is 0.172. The molecule has 0 saturated carbocycles. The normalized spacial score (nSPS) is 15.7. The number of amidine groups is 1. The maximum absolute atomic E-state index is 13.5. The molecule has 0 N–H and O–H groups in total. The first kappa shape index (κ1) is 24.0. The van der Waals surface area contributed by atoms with E-state index in [1.165, 1.54) is 11.8 Å². The fourth-order valence-electron chi connectivity index (χ4n) is 3.23. The lowest BCUT2D eigenvalue weighted by Crippen LogP contribution is -2.28. The van der Waals surface area contributed by atoms with Crippen molar-refractivity contribution >= 4 is 63.5 Å². The summed E-state index contributed by atoms with van der Waals surface area (Å²) < 4.78 is 5.50. The molecule has 1 aliphatic heterocycles. The van der Waals surface area contributed by atoms with Crippen molar-refractivity contribution in [2.75, 3.05) is 11.5 Å². The fourth-order valence-corrected chi connectivity index (χ4v) is 4.58. The predicted molar refractivity (Wildman–Crippen MR) is 143 cm³/mol. The molecule has 1 heterocycles. The van der Waals surface area contributed by atoms with Gasteiger partial charge in [-0.2, -0.15) is 0 Å². The lowest BCUT2D eigenvalue weighted by molar-refractivity contribution is -0.113. The van der Waals surface area contributed by atoms with Gasteiger partial charge in [0.2, 0.25) is 0 Å². The zero-order chi connectivity index (χ0) is 24.2. The predicted octanol–water partition coefficient (Wildman–Crippen LogP) is 7.43. The first-order valence-electron chi connectivity index (χ1n) is 10.4. The molecule has 4 nitrogen and oxygen atoms in total. The zero-order valence-electron chi connectivity index (χ0n) is 18.5. The molecule has 0 atom stereocenters. The van der Waals surface area contributed by atoms with Crippen molar-refractivity contribution in [3.63, 3.8) is 0 Å². The third-order valence-electron chi connectivity index (χ3n) is 5.08. The van der Waals surface area contributed by atoms with Gasteiger partial charge in [-0.25, -0.2) is 4.99 Å². The monoisotopic (exact) mass is 506 g/mol. The smallest absolute Gasteiger partial charge is 0.271 e. The Labute approximate surface area is 213 Å². The molecule has 7 heteroatoms. The van der Waals surface area contributed by atoms with Crippen LogP contribution in [0.15, 0.2) is 70.6 Å². The Balaban J connectivity index is 1.76. The number of carbonyl (C=O) groups excluding carboxylic acids is 1. The number of halogens is 2. The molecule has 1 aliphatic rings. The molecule has 34 heavy (non-hydrogen) atoms. The van der Waals surface area contributed by atoms with Crippen LogP contribution in [0.4, 0.5) is 11.4 Å². The summed E-state index contributed by atoms with van der Waals surface area (Å²) in [5.41, 5.74) is 3.98. The van der Waals surface area contributed by atoms with E-state index in [9.17, 15) is 4.79 Å². The summed E-state index contributed by atoms with van der Waals surface area (Å²) in [5, 5.41) is 1.69. The van der Waals surface area contributed by atoms with Crippen LogP contribution in [0.5, 0.6) is 5.75 Å². The summed E-state index contributed by atoms with van der Waals surface area (Å²) in [6.45, 7) is 4.01. The van der Waals surface area contributed by atoms with Crippen LogP contribution >= 0.6 is 35.0 Å². The molecular weight excluding hydrogens is 487 g/mol. The number of hydrogen-bond acceptors (Lipinski definition) is 4. The van der Waals surface area contributed by atoms with Crippen LogP contribution in [0.25, 0.3) is 6.08 Å². The fraction of sp³-hybridized carbons (Fsp3) is 0.111. The number of hydrogen-bond donors (Lipinski definition) is 0. The standard InChI is InChI=1S/C27H20Cl2N2O2S/c1-4-12-33-22-7-5-6-19(13-22)14-25-26(32)31(21-11-9-18(3)24(29)16-21)27(34-25)30-20-10-8-17(2)23(28)15-20/h1,5-11,13-16H,12H2,2-3H3/b25-14-,30-27?. The second-order valence-corrected chi connectivity index (χ2v) is 9.40. The molecule has 1 saturated heterocycles. The van der Waals surface area contributed by atoms with Gasteiger partial charge in [0.15, 0.2) is 5.17 Å². The molecule has 1 amide bonds. The van der Waals surface area contributed by atoms with Crippen LogP contribution in [-0.2, 0) is 4.79 Å². The average Bonchev–Trinajstić information content (AvgIpc) is 3.11. The number of nitrogens with zero attached hydrogens (tertiary/aromatic N) is 2. The number of aliphatic imine (C=N–C) groups is 1. The number of benzene rings is 3. The van der Waals surface area contributed by atoms with Gasteiger partial charge < -0.3 is 4.74 Å². The molecule has 0 spiro atoms. The lowest BCUT2D eigenvalue weighted by atomic mass is 10.2. The van der Waals surface area contributed by atoms with E-state index >= 15 is 0 Å². The van der Waals surface area contributed by atoms with E-state index < -0.39 is 0 Å². The van der Waals surface area contributed by atoms with Crippen molar-refractivity contribution in [2.45, 2.75) is 13.8 Å². The first-order valence-corrected chi connectivity index (χ1v) is 11.9. The Kier molecular flexibility index (Phi) is 7.33. The van der Waals surface area contributed by atoms with Gasteiger partial charge in [-0.15, -0.1) is 6.42 Å². The van der Waals surface area contributed by atoms with Crippen LogP contribution in [0.2, 0.25) is 10.0 Å². The van der Waals surface area contributed by atoms with E-state index in [4.69, 9.17) is 39.4 Å². The number of thioether (sulfide) groups is 1. The van der Waals surface area contributed by atoms with Gasteiger partial charge in [-0.3, -0.25) is 9.69 Å². The highest BCUT2D eigenvalue weighted by Gasteiger charge is 2.35. The molecule has 0 radical (unpaired) electrons. The van der Waals surface area contributed by atoms with Crippen molar-refractivity contribution < 1.29 is 9.53 Å². The Morgan fingerprint density at radius 1 is 1.06 bits per heavy atom. The molecule has 0 bridgehead atoms. The summed E-state index contributed by atoms with van der Waals surface area (Å²) in [6, 6.07) is 18.4. The van der Waals surface area contributed by atoms with Crippen LogP contribution < -0.4 is 9.64 Å². The second kappa shape index (κ2) is 10.4. The highest BCUT2D eigenvalue weighted by molar-refractivity contribution is 8.19. The highest BCUT2D eigenvalue weighted by Crippen LogP contribution is 2.39. The second-order valence-electron chi connectivity index (χ2n) is 7.58. The van der Waals surface area contributed by atoms with Crippen molar-refractivity contribution in [1.29, 1.82) is 0 Å². The molecule has 0 aromatic heterocycles. The maximum atomic E-state index is 13.5. The SMILES string of the molecule is C#CCOc1cccc(/C=C2\SC(=Nc3ccc(C)c(Cl)c3)N(c3ccc(C)c(Cl)c3)C2=O)c1. The highest BCUT2D eigenvalue weighted by atomic mass is 35.5. The molecule has 3 aromatic rings. The Morgan fingerprint density at radius 2 is 1.79 bits per heavy atom. The van der Waals surface area contributed by atoms with Crippen molar-refractivity contribution in [1.82, 2.24) is 0 Å². The van der Waals surface area contributed by atoms with Crippen molar-refractivity contribution in [3.05, 3.63) is 92.3 Å². The van der Waals surface area contributed by atoms with Gasteiger partial charge in [-0.05, 0) is 84.8 Å². The number of rotatable bonds is 5. The van der Waals surface area contributed by atoms with Gasteiger partial charge in [-0.1, -0.05) is 53.4 Å².